The molecule has 0 bridgehead atoms. The SMILES string of the molecule is Cc1cc(C=Nc2ccc(Br)c(Cl)c2)c(C)n1-c1ccc(I)cc1. The van der Waals surface area contributed by atoms with E-state index in [0.717, 1.165) is 21.4 Å². The second-order valence-electron chi connectivity index (χ2n) is 5.49. The maximum Gasteiger partial charge on any atom is 0.0645 e. The topological polar surface area (TPSA) is 17.3 Å². The molecule has 0 N–H and O–H groups in total. The minimum atomic E-state index is 0.661. The molecule has 0 fully saturated rings. The summed E-state index contributed by atoms with van der Waals surface area (Å²) in [7, 11) is 0. The summed E-state index contributed by atoms with van der Waals surface area (Å²) >= 11 is 11.8. The molecule has 0 unspecified atom stereocenters. The zero-order valence-corrected chi connectivity index (χ0v) is 17.7. The molecule has 3 aromatic rings. The molecule has 0 saturated heterocycles. The first-order valence-electron chi connectivity index (χ1n) is 7.39. The Hall–Kier alpha value is -1.11. The zero-order chi connectivity index (χ0) is 17.3. The molecule has 0 aliphatic rings. The van der Waals surface area contributed by atoms with Crippen molar-refractivity contribution in [3.63, 3.8) is 0 Å². The number of aromatic nitrogens is 1. The van der Waals surface area contributed by atoms with Gasteiger partial charge in [0.25, 0.3) is 0 Å². The maximum absolute atomic E-state index is 6.12. The molecule has 2 aromatic carbocycles. The van der Waals surface area contributed by atoms with Gasteiger partial charge in [-0.1, -0.05) is 11.6 Å². The van der Waals surface area contributed by atoms with Gasteiger partial charge in [-0.2, -0.15) is 0 Å². The van der Waals surface area contributed by atoms with Crippen LogP contribution in [0.2, 0.25) is 5.02 Å². The van der Waals surface area contributed by atoms with Crippen LogP contribution in [0.15, 0.2) is 58.0 Å². The van der Waals surface area contributed by atoms with E-state index in [9.17, 15) is 0 Å². The Morgan fingerprint density at radius 2 is 1.79 bits per heavy atom. The highest BCUT2D eigenvalue weighted by Gasteiger charge is 2.09. The van der Waals surface area contributed by atoms with Gasteiger partial charge in [-0.15, -0.1) is 0 Å². The van der Waals surface area contributed by atoms with Gasteiger partial charge >= 0.3 is 0 Å². The average Bonchev–Trinajstić information content (AvgIpc) is 2.84. The van der Waals surface area contributed by atoms with E-state index in [-0.39, 0.29) is 0 Å². The molecule has 5 heteroatoms. The molecule has 0 saturated carbocycles. The molecule has 0 radical (unpaired) electrons. The Morgan fingerprint density at radius 1 is 1.08 bits per heavy atom. The van der Waals surface area contributed by atoms with Gasteiger partial charge in [0.1, 0.15) is 0 Å². The number of aliphatic imine (C=N–C) groups is 1. The first kappa shape index (κ1) is 17.7. The third-order valence-electron chi connectivity index (χ3n) is 3.81. The van der Waals surface area contributed by atoms with Crippen LogP contribution in [-0.2, 0) is 0 Å². The Bertz CT molecular complexity index is 914. The lowest BCUT2D eigenvalue weighted by Crippen LogP contribution is -1.99. The lowest BCUT2D eigenvalue weighted by atomic mass is 10.2. The van der Waals surface area contributed by atoms with E-state index in [1.165, 1.54) is 15.0 Å². The number of aryl methyl sites for hydroxylation is 1. The summed E-state index contributed by atoms with van der Waals surface area (Å²) in [6.45, 7) is 4.22. The van der Waals surface area contributed by atoms with Crippen molar-refractivity contribution < 1.29 is 0 Å². The van der Waals surface area contributed by atoms with Gasteiger partial charge in [0, 0.05) is 36.9 Å². The molecular weight excluding hydrogens is 498 g/mol. The molecule has 24 heavy (non-hydrogen) atoms. The third kappa shape index (κ3) is 3.76. The molecule has 1 aromatic heterocycles. The van der Waals surface area contributed by atoms with E-state index in [2.05, 4.69) is 92.3 Å². The molecule has 0 aliphatic carbocycles. The number of rotatable bonds is 3. The average molecular weight is 514 g/mol. The highest BCUT2D eigenvalue weighted by molar-refractivity contribution is 14.1. The lowest BCUT2D eigenvalue weighted by Gasteiger charge is -2.09. The van der Waals surface area contributed by atoms with Crippen molar-refractivity contribution in [2.24, 2.45) is 4.99 Å². The van der Waals surface area contributed by atoms with E-state index in [1.807, 2.05) is 24.4 Å². The van der Waals surface area contributed by atoms with E-state index >= 15 is 0 Å². The normalized spacial score (nSPS) is 11.4. The van der Waals surface area contributed by atoms with Crippen LogP contribution in [0.5, 0.6) is 0 Å². The summed E-state index contributed by atoms with van der Waals surface area (Å²) in [4.78, 5) is 4.56. The minimum Gasteiger partial charge on any atom is -0.318 e. The van der Waals surface area contributed by atoms with Gasteiger partial charge in [0.15, 0.2) is 0 Å². The van der Waals surface area contributed by atoms with Gasteiger partial charge in [0.05, 0.1) is 10.7 Å². The minimum absolute atomic E-state index is 0.661. The fourth-order valence-corrected chi connectivity index (χ4v) is 3.40. The van der Waals surface area contributed by atoms with Crippen LogP contribution in [0.1, 0.15) is 17.0 Å². The first-order chi connectivity index (χ1) is 11.5. The Labute approximate surface area is 168 Å². The van der Waals surface area contributed by atoms with Crippen LogP contribution >= 0.6 is 50.1 Å². The summed E-state index contributed by atoms with van der Waals surface area (Å²) < 4.78 is 4.35. The van der Waals surface area contributed by atoms with Gasteiger partial charge in [0.2, 0.25) is 0 Å². The van der Waals surface area contributed by atoms with Crippen LogP contribution in [0.3, 0.4) is 0 Å². The zero-order valence-electron chi connectivity index (χ0n) is 13.2. The highest BCUT2D eigenvalue weighted by atomic mass is 127. The van der Waals surface area contributed by atoms with Crippen LogP contribution < -0.4 is 0 Å². The predicted molar refractivity (Wildman–Crippen MR) is 114 cm³/mol. The second-order valence-corrected chi connectivity index (χ2v) is 8.00. The summed E-state index contributed by atoms with van der Waals surface area (Å²) in [5.41, 5.74) is 5.45. The van der Waals surface area contributed by atoms with Gasteiger partial charge in [-0.05, 0) is 101 Å². The quantitative estimate of drug-likeness (QED) is 0.269. The number of halogens is 3. The van der Waals surface area contributed by atoms with Crippen molar-refractivity contribution >= 4 is 62.0 Å². The summed E-state index contributed by atoms with van der Waals surface area (Å²) in [5, 5.41) is 0.661. The molecule has 0 amide bonds. The van der Waals surface area contributed by atoms with E-state index < -0.39 is 0 Å². The number of hydrogen-bond acceptors (Lipinski definition) is 1. The fourth-order valence-electron chi connectivity index (χ4n) is 2.62. The Morgan fingerprint density at radius 3 is 2.46 bits per heavy atom. The summed E-state index contributed by atoms with van der Waals surface area (Å²) in [6, 6.07) is 16.3. The van der Waals surface area contributed by atoms with Crippen molar-refractivity contribution in [3.8, 4) is 5.69 Å². The number of hydrogen-bond donors (Lipinski definition) is 0. The molecule has 2 nitrogen and oxygen atoms in total. The molecule has 3 rings (SSSR count). The molecule has 0 spiro atoms. The van der Waals surface area contributed by atoms with Crippen LogP contribution in [-0.4, -0.2) is 10.8 Å². The number of nitrogens with zero attached hydrogens (tertiary/aromatic N) is 2. The van der Waals surface area contributed by atoms with E-state index in [4.69, 9.17) is 11.6 Å². The molecule has 0 atom stereocenters. The van der Waals surface area contributed by atoms with Crippen molar-refractivity contribution in [1.29, 1.82) is 0 Å². The van der Waals surface area contributed by atoms with Crippen LogP contribution in [0, 0.1) is 17.4 Å². The maximum atomic E-state index is 6.12. The smallest absolute Gasteiger partial charge is 0.0645 e. The largest absolute Gasteiger partial charge is 0.318 e. The number of benzene rings is 2. The summed E-state index contributed by atoms with van der Waals surface area (Å²) in [5.74, 6) is 0. The standard InChI is InChI=1S/C19H15BrClIN2/c1-12-9-14(11-23-16-5-8-18(20)19(21)10-16)13(2)24(12)17-6-3-15(22)4-7-17/h3-11H,1-2H3. The van der Waals surface area contributed by atoms with Gasteiger partial charge in [-0.3, -0.25) is 4.99 Å². The second kappa shape index (κ2) is 7.42. The van der Waals surface area contributed by atoms with E-state index in [1.54, 1.807) is 0 Å². The fraction of sp³-hybridized carbons (Fsp3) is 0.105. The molecular formula is C19H15BrClIN2. The molecule has 122 valence electrons. The monoisotopic (exact) mass is 512 g/mol. The van der Waals surface area contributed by atoms with Crippen molar-refractivity contribution in [3.05, 3.63) is 78.5 Å². The molecule has 0 aliphatic heterocycles. The van der Waals surface area contributed by atoms with Crippen molar-refractivity contribution in [2.75, 3.05) is 0 Å². The van der Waals surface area contributed by atoms with Crippen LogP contribution in [0.4, 0.5) is 5.69 Å². The van der Waals surface area contributed by atoms with Crippen molar-refractivity contribution in [1.82, 2.24) is 4.57 Å². The Kier molecular flexibility index (Phi) is 5.47. The summed E-state index contributed by atoms with van der Waals surface area (Å²) in [6.07, 6.45) is 1.89. The highest BCUT2D eigenvalue weighted by Crippen LogP contribution is 2.27. The van der Waals surface area contributed by atoms with Gasteiger partial charge < -0.3 is 4.57 Å². The Balaban J connectivity index is 1.95. The van der Waals surface area contributed by atoms with Crippen molar-refractivity contribution in [2.45, 2.75) is 13.8 Å². The van der Waals surface area contributed by atoms with E-state index in [0.29, 0.717) is 5.02 Å². The van der Waals surface area contributed by atoms with Gasteiger partial charge in [-0.25, -0.2) is 0 Å². The van der Waals surface area contributed by atoms with Crippen LogP contribution in [0.25, 0.3) is 5.69 Å². The first-order valence-corrected chi connectivity index (χ1v) is 9.64. The lowest BCUT2D eigenvalue weighted by molar-refractivity contribution is 0.964. The molecule has 1 heterocycles. The predicted octanol–water partition coefficient (Wildman–Crippen LogP) is 6.87. The third-order valence-corrected chi connectivity index (χ3v) is 5.76.